The molecular weight excluding hydrogens is 489 g/mol. The number of ether oxygens (including phenoxy) is 1. The number of urea groups is 1. The summed E-state index contributed by atoms with van der Waals surface area (Å²) in [6, 6.07) is 16.2. The van der Waals surface area contributed by atoms with Crippen LogP contribution in [0, 0.1) is 5.82 Å². The number of nitrogens with zero attached hydrogens (tertiary/aromatic N) is 4. The van der Waals surface area contributed by atoms with Gasteiger partial charge in [0, 0.05) is 35.5 Å². The number of fused-ring (bicyclic) bond motifs is 1. The lowest BCUT2D eigenvalue weighted by atomic mass is 9.92. The number of benzene rings is 2. The van der Waals surface area contributed by atoms with Crippen molar-refractivity contribution in [3.8, 4) is 17.2 Å². The van der Waals surface area contributed by atoms with E-state index >= 15 is 0 Å². The van der Waals surface area contributed by atoms with E-state index in [-0.39, 0.29) is 33.8 Å². The minimum atomic E-state index is -0.707. The zero-order valence-electron chi connectivity index (χ0n) is 20.8. The molecule has 0 atom stereocenters. The van der Waals surface area contributed by atoms with Crippen molar-refractivity contribution in [2.45, 2.75) is 26.2 Å². The van der Waals surface area contributed by atoms with Crippen molar-refractivity contribution in [3.05, 3.63) is 94.9 Å². The van der Waals surface area contributed by atoms with Crippen LogP contribution in [0.1, 0.15) is 26.5 Å². The summed E-state index contributed by atoms with van der Waals surface area (Å²) >= 11 is 0. The first-order valence-electron chi connectivity index (χ1n) is 11.7. The van der Waals surface area contributed by atoms with E-state index in [0.29, 0.717) is 5.82 Å². The largest absolute Gasteiger partial charge is 0.452 e. The molecule has 10 nitrogen and oxygen atoms in total. The summed E-state index contributed by atoms with van der Waals surface area (Å²) in [5, 5.41) is 10.1. The topological polar surface area (TPSA) is 127 Å². The smallest absolute Gasteiger partial charge is 0.324 e. The van der Waals surface area contributed by atoms with Gasteiger partial charge in [-0.15, -0.1) is 0 Å². The van der Waals surface area contributed by atoms with E-state index in [1.165, 1.54) is 24.4 Å². The molecule has 38 heavy (non-hydrogen) atoms. The van der Waals surface area contributed by atoms with Crippen molar-refractivity contribution < 1.29 is 13.9 Å². The van der Waals surface area contributed by atoms with Crippen molar-refractivity contribution in [2.75, 3.05) is 10.6 Å². The Bertz CT molecular complexity index is 1690. The third kappa shape index (κ3) is 5.21. The lowest BCUT2D eigenvalue weighted by Gasteiger charge is -2.14. The monoisotopic (exact) mass is 513 g/mol. The number of aromatic nitrogens is 5. The van der Waals surface area contributed by atoms with Crippen LogP contribution in [0.25, 0.3) is 16.9 Å². The summed E-state index contributed by atoms with van der Waals surface area (Å²) < 4.78 is 22.2. The van der Waals surface area contributed by atoms with Crippen LogP contribution in [0.15, 0.2) is 77.9 Å². The van der Waals surface area contributed by atoms with Gasteiger partial charge < -0.3 is 15.0 Å². The number of carbonyl (C=O) groups is 1. The maximum absolute atomic E-state index is 14.9. The molecule has 3 heterocycles. The van der Waals surface area contributed by atoms with Crippen molar-refractivity contribution in [1.82, 2.24) is 24.7 Å². The molecule has 0 fully saturated rings. The highest BCUT2D eigenvalue weighted by molar-refractivity contribution is 5.99. The third-order valence-corrected chi connectivity index (χ3v) is 5.57. The van der Waals surface area contributed by atoms with E-state index in [1.54, 1.807) is 4.68 Å². The van der Waals surface area contributed by atoms with Gasteiger partial charge in [0.1, 0.15) is 11.3 Å². The van der Waals surface area contributed by atoms with Crippen LogP contribution in [-0.4, -0.2) is 30.8 Å². The van der Waals surface area contributed by atoms with Gasteiger partial charge in [-0.3, -0.25) is 10.1 Å². The molecule has 3 aromatic heterocycles. The molecule has 5 rings (SSSR count). The Kier molecular flexibility index (Phi) is 6.33. The zero-order chi connectivity index (χ0) is 26.9. The number of para-hydroxylation sites is 1. The van der Waals surface area contributed by atoms with Crippen LogP contribution in [-0.2, 0) is 5.41 Å². The number of amides is 2. The second kappa shape index (κ2) is 9.77. The van der Waals surface area contributed by atoms with Gasteiger partial charge in [0.2, 0.25) is 0 Å². The normalized spacial score (nSPS) is 11.4. The average molecular weight is 514 g/mol. The molecule has 0 spiro atoms. The predicted molar refractivity (Wildman–Crippen MR) is 142 cm³/mol. The summed E-state index contributed by atoms with van der Waals surface area (Å²) in [5.74, 6) is -0.114. The molecule has 11 heteroatoms. The first-order chi connectivity index (χ1) is 18.2. The van der Waals surface area contributed by atoms with Crippen LogP contribution in [0.4, 0.5) is 20.7 Å². The highest BCUT2D eigenvalue weighted by Gasteiger charge is 2.21. The molecule has 0 aliphatic heterocycles. The molecule has 0 saturated carbocycles. The lowest BCUT2D eigenvalue weighted by Crippen LogP contribution is -2.21. The number of hydrogen-bond acceptors (Lipinski definition) is 6. The summed E-state index contributed by atoms with van der Waals surface area (Å²) in [4.78, 5) is 34.9. The Hall–Kier alpha value is -5.06. The van der Waals surface area contributed by atoms with E-state index in [9.17, 15) is 14.0 Å². The SMILES string of the molecule is CC(C)(C)c1cc(NC(=O)Nc2ccc(Oc3ccnc4[nH]c(=O)cnc34)c(F)c2)n(-c2ccccc2)n1. The maximum Gasteiger partial charge on any atom is 0.324 e. The molecule has 5 aromatic rings. The fourth-order valence-corrected chi connectivity index (χ4v) is 3.67. The Morgan fingerprint density at radius 2 is 1.79 bits per heavy atom. The number of nitrogens with one attached hydrogen (secondary N) is 3. The molecule has 0 radical (unpaired) electrons. The Labute approximate surface area is 216 Å². The molecule has 192 valence electrons. The Morgan fingerprint density at radius 1 is 1.00 bits per heavy atom. The fraction of sp³-hybridized carbons (Fsp3) is 0.148. The number of pyridine rings is 1. The van der Waals surface area contributed by atoms with Gasteiger partial charge in [0.25, 0.3) is 5.56 Å². The number of rotatable bonds is 5. The van der Waals surface area contributed by atoms with Gasteiger partial charge in [-0.2, -0.15) is 5.10 Å². The molecule has 3 N–H and O–H groups in total. The second-order valence-corrected chi connectivity index (χ2v) is 9.49. The highest BCUT2D eigenvalue weighted by Crippen LogP contribution is 2.30. The van der Waals surface area contributed by atoms with Crippen LogP contribution in [0.3, 0.4) is 0 Å². The molecule has 0 aliphatic carbocycles. The molecule has 2 amide bonds. The van der Waals surface area contributed by atoms with Crippen molar-refractivity contribution in [2.24, 2.45) is 0 Å². The van der Waals surface area contributed by atoms with Gasteiger partial charge in [-0.1, -0.05) is 39.0 Å². The van der Waals surface area contributed by atoms with E-state index in [4.69, 9.17) is 4.74 Å². The van der Waals surface area contributed by atoms with Gasteiger partial charge in [0.05, 0.1) is 17.6 Å². The van der Waals surface area contributed by atoms with Gasteiger partial charge in [0.15, 0.2) is 23.0 Å². The Balaban J connectivity index is 1.34. The first kappa shape index (κ1) is 24.6. The minimum absolute atomic E-state index is 0.0894. The average Bonchev–Trinajstić information content (AvgIpc) is 3.30. The lowest BCUT2D eigenvalue weighted by molar-refractivity contribution is 0.262. The zero-order valence-corrected chi connectivity index (χ0v) is 20.8. The molecule has 0 unspecified atom stereocenters. The predicted octanol–water partition coefficient (Wildman–Crippen LogP) is 5.38. The summed E-state index contributed by atoms with van der Waals surface area (Å²) in [5.41, 5.74) is 1.64. The summed E-state index contributed by atoms with van der Waals surface area (Å²) in [7, 11) is 0. The van der Waals surface area contributed by atoms with Gasteiger partial charge >= 0.3 is 6.03 Å². The van der Waals surface area contributed by atoms with Crippen LogP contribution in [0.2, 0.25) is 0 Å². The van der Waals surface area contributed by atoms with E-state index in [2.05, 4.69) is 30.7 Å². The number of hydrogen-bond donors (Lipinski definition) is 3. The number of halogens is 1. The molecule has 0 bridgehead atoms. The quantitative estimate of drug-likeness (QED) is 0.290. The molecule has 2 aromatic carbocycles. The number of aromatic amines is 1. The van der Waals surface area contributed by atoms with E-state index in [1.807, 2.05) is 57.2 Å². The summed E-state index contributed by atoms with van der Waals surface area (Å²) in [6.07, 6.45) is 2.51. The van der Waals surface area contributed by atoms with Crippen LogP contribution in [0.5, 0.6) is 11.5 Å². The van der Waals surface area contributed by atoms with Crippen molar-refractivity contribution in [1.29, 1.82) is 0 Å². The molecular formula is C27H24FN7O3. The maximum atomic E-state index is 14.9. The number of H-pyrrole nitrogens is 1. The molecule has 0 aliphatic rings. The standard InChI is InChI=1S/C27H24FN7O3/c1-27(2,3)21-14-22(35(34-21)17-7-5-4-6-8-17)32-26(37)31-16-9-10-19(18(28)13-16)38-20-11-12-29-25-24(20)30-15-23(36)33-25/h4-15H,1-3H3,(H,29,33,36)(H2,31,32,37). The highest BCUT2D eigenvalue weighted by atomic mass is 19.1. The van der Waals surface area contributed by atoms with Crippen LogP contribution >= 0.6 is 0 Å². The summed E-state index contributed by atoms with van der Waals surface area (Å²) in [6.45, 7) is 6.10. The van der Waals surface area contributed by atoms with Gasteiger partial charge in [-0.05, 0) is 24.3 Å². The van der Waals surface area contributed by atoms with E-state index in [0.717, 1.165) is 23.6 Å². The Morgan fingerprint density at radius 3 is 2.53 bits per heavy atom. The van der Waals surface area contributed by atoms with Gasteiger partial charge in [-0.25, -0.2) is 23.8 Å². The number of anilines is 2. The second-order valence-electron chi connectivity index (χ2n) is 9.49. The van der Waals surface area contributed by atoms with Crippen molar-refractivity contribution >= 4 is 28.7 Å². The fourth-order valence-electron chi connectivity index (χ4n) is 3.67. The van der Waals surface area contributed by atoms with E-state index < -0.39 is 17.4 Å². The number of carbonyl (C=O) groups excluding carboxylic acids is 1. The first-order valence-corrected chi connectivity index (χ1v) is 11.7. The molecule has 0 saturated heterocycles. The van der Waals surface area contributed by atoms with Crippen molar-refractivity contribution in [3.63, 3.8) is 0 Å². The minimum Gasteiger partial charge on any atom is -0.452 e. The third-order valence-electron chi connectivity index (χ3n) is 5.57. The van der Waals surface area contributed by atoms with Crippen LogP contribution < -0.4 is 20.9 Å².